The molecule has 0 bridgehead atoms. The van der Waals surface area contributed by atoms with Gasteiger partial charge in [0.05, 0.1) is 0 Å². The van der Waals surface area contributed by atoms with Crippen LogP contribution in [-0.4, -0.2) is 65.0 Å². The fourth-order valence-electron chi connectivity index (χ4n) is 3.20. The minimum absolute atomic E-state index is 0. The van der Waals surface area contributed by atoms with Crippen molar-refractivity contribution < 1.29 is 14.3 Å². The van der Waals surface area contributed by atoms with E-state index in [1.807, 2.05) is 24.3 Å². The van der Waals surface area contributed by atoms with Crippen molar-refractivity contribution in [1.29, 1.82) is 0 Å². The van der Waals surface area contributed by atoms with Gasteiger partial charge in [-0.05, 0) is 56.2 Å². The molecule has 0 atom stereocenters. The normalized spacial score (nSPS) is 14.7. The van der Waals surface area contributed by atoms with Crippen LogP contribution in [0.25, 0.3) is 0 Å². The number of halogens is 1. The standard InChI is InChI=1S/C22H36N4O3.HI/c1-3-24-22(25-11-5-13-29-17-19-9-14-28-15-10-19)26-12-8-18-6-4-7-20(16-18)21(27)23-2;/h4,6-7,16,19H,3,5,8-15,17H2,1-2H3,(H,23,27)(H2,24,25,26);1H. The van der Waals surface area contributed by atoms with E-state index in [4.69, 9.17) is 9.47 Å². The number of rotatable bonds is 11. The zero-order valence-electron chi connectivity index (χ0n) is 18.2. The molecule has 170 valence electrons. The maximum atomic E-state index is 11.7. The van der Waals surface area contributed by atoms with Gasteiger partial charge in [-0.3, -0.25) is 9.79 Å². The molecule has 1 aromatic rings. The number of hydrogen-bond acceptors (Lipinski definition) is 4. The second kappa shape index (κ2) is 16.3. The van der Waals surface area contributed by atoms with Gasteiger partial charge in [0.2, 0.25) is 0 Å². The zero-order valence-corrected chi connectivity index (χ0v) is 20.6. The van der Waals surface area contributed by atoms with Gasteiger partial charge >= 0.3 is 0 Å². The van der Waals surface area contributed by atoms with Crippen molar-refractivity contribution in [3.05, 3.63) is 35.4 Å². The number of carbonyl (C=O) groups is 1. The lowest BCUT2D eigenvalue weighted by Crippen LogP contribution is -2.38. The summed E-state index contributed by atoms with van der Waals surface area (Å²) in [4.78, 5) is 16.4. The molecule has 2 rings (SSSR count). The first-order valence-corrected chi connectivity index (χ1v) is 10.7. The molecule has 0 aliphatic carbocycles. The SMILES string of the molecule is CCNC(=NCCCOCC1CCOCC1)NCCc1cccc(C(=O)NC)c1.I. The van der Waals surface area contributed by atoms with E-state index in [2.05, 4.69) is 27.9 Å². The van der Waals surface area contributed by atoms with Crippen LogP contribution in [0.15, 0.2) is 29.3 Å². The molecule has 0 aromatic heterocycles. The molecule has 1 heterocycles. The van der Waals surface area contributed by atoms with Gasteiger partial charge in [0.15, 0.2) is 5.96 Å². The smallest absolute Gasteiger partial charge is 0.251 e. The van der Waals surface area contributed by atoms with E-state index < -0.39 is 0 Å². The van der Waals surface area contributed by atoms with Crippen LogP contribution in [0.4, 0.5) is 0 Å². The topological polar surface area (TPSA) is 84.0 Å². The Morgan fingerprint density at radius 2 is 2.07 bits per heavy atom. The van der Waals surface area contributed by atoms with Crippen molar-refractivity contribution in [2.45, 2.75) is 32.6 Å². The van der Waals surface area contributed by atoms with E-state index in [1.54, 1.807) is 7.05 Å². The molecule has 30 heavy (non-hydrogen) atoms. The molecule has 0 radical (unpaired) electrons. The van der Waals surface area contributed by atoms with Gasteiger partial charge in [0.25, 0.3) is 5.91 Å². The molecule has 3 N–H and O–H groups in total. The van der Waals surface area contributed by atoms with E-state index >= 15 is 0 Å². The molecule has 8 heteroatoms. The summed E-state index contributed by atoms with van der Waals surface area (Å²) in [5.74, 6) is 1.40. The zero-order chi connectivity index (χ0) is 20.7. The van der Waals surface area contributed by atoms with Crippen molar-refractivity contribution in [3.8, 4) is 0 Å². The number of aliphatic imine (C=N–C) groups is 1. The predicted molar refractivity (Wildman–Crippen MR) is 132 cm³/mol. The molecule has 1 aliphatic rings. The summed E-state index contributed by atoms with van der Waals surface area (Å²) < 4.78 is 11.2. The second-order valence-electron chi connectivity index (χ2n) is 7.20. The molecule has 1 amide bonds. The lowest BCUT2D eigenvalue weighted by molar-refractivity contribution is 0.0205. The van der Waals surface area contributed by atoms with Crippen LogP contribution in [0.3, 0.4) is 0 Å². The van der Waals surface area contributed by atoms with Crippen molar-refractivity contribution in [2.75, 3.05) is 53.1 Å². The van der Waals surface area contributed by atoms with Crippen molar-refractivity contribution >= 4 is 35.8 Å². The number of ether oxygens (including phenoxy) is 2. The number of benzene rings is 1. The summed E-state index contributed by atoms with van der Waals surface area (Å²) in [6.45, 7) is 7.67. The van der Waals surface area contributed by atoms with Crippen LogP contribution < -0.4 is 16.0 Å². The van der Waals surface area contributed by atoms with Gasteiger partial charge in [0, 0.05) is 58.7 Å². The Balaban J connectivity index is 0.00000450. The van der Waals surface area contributed by atoms with Crippen molar-refractivity contribution in [2.24, 2.45) is 10.9 Å². The van der Waals surface area contributed by atoms with Crippen LogP contribution in [0.5, 0.6) is 0 Å². The molecule has 0 spiro atoms. The monoisotopic (exact) mass is 532 g/mol. The molecular formula is C22H37IN4O3. The molecule has 0 unspecified atom stereocenters. The third-order valence-corrected chi connectivity index (χ3v) is 4.88. The Morgan fingerprint density at radius 1 is 1.27 bits per heavy atom. The van der Waals surface area contributed by atoms with Gasteiger partial charge in [0.1, 0.15) is 0 Å². The molecule has 1 saturated heterocycles. The van der Waals surface area contributed by atoms with E-state index in [9.17, 15) is 4.79 Å². The highest BCUT2D eigenvalue weighted by molar-refractivity contribution is 14.0. The first kappa shape index (κ1) is 26.6. The average molecular weight is 532 g/mol. The van der Waals surface area contributed by atoms with Gasteiger partial charge in [-0.15, -0.1) is 24.0 Å². The maximum Gasteiger partial charge on any atom is 0.251 e. The summed E-state index contributed by atoms with van der Waals surface area (Å²) in [6.07, 6.45) is 3.95. The predicted octanol–water partition coefficient (Wildman–Crippen LogP) is 2.60. The molecule has 7 nitrogen and oxygen atoms in total. The minimum atomic E-state index is -0.0613. The largest absolute Gasteiger partial charge is 0.381 e. The molecule has 1 aliphatic heterocycles. The summed E-state index contributed by atoms with van der Waals surface area (Å²) in [7, 11) is 1.64. The van der Waals surface area contributed by atoms with Crippen molar-refractivity contribution in [1.82, 2.24) is 16.0 Å². The van der Waals surface area contributed by atoms with E-state index in [1.165, 1.54) is 0 Å². The summed E-state index contributed by atoms with van der Waals surface area (Å²) in [6, 6.07) is 7.71. The first-order valence-electron chi connectivity index (χ1n) is 10.7. The van der Waals surface area contributed by atoms with Gasteiger partial charge in [-0.2, -0.15) is 0 Å². The Hall–Kier alpha value is -1.39. The van der Waals surface area contributed by atoms with Crippen LogP contribution in [-0.2, 0) is 15.9 Å². The quantitative estimate of drug-likeness (QED) is 0.177. The maximum absolute atomic E-state index is 11.7. The number of carbonyl (C=O) groups excluding carboxylic acids is 1. The van der Waals surface area contributed by atoms with Gasteiger partial charge < -0.3 is 25.4 Å². The van der Waals surface area contributed by atoms with Gasteiger partial charge in [-0.25, -0.2) is 0 Å². The van der Waals surface area contributed by atoms with Crippen LogP contribution in [0, 0.1) is 5.92 Å². The Labute approximate surface area is 197 Å². The summed E-state index contributed by atoms with van der Waals surface area (Å²) >= 11 is 0. The molecule has 1 fully saturated rings. The highest BCUT2D eigenvalue weighted by atomic mass is 127. The van der Waals surface area contributed by atoms with Crippen LogP contribution in [0.1, 0.15) is 42.1 Å². The number of nitrogens with one attached hydrogen (secondary N) is 3. The highest BCUT2D eigenvalue weighted by Gasteiger charge is 2.13. The third-order valence-electron chi connectivity index (χ3n) is 4.88. The number of guanidine groups is 1. The minimum Gasteiger partial charge on any atom is -0.381 e. The van der Waals surface area contributed by atoms with E-state index in [0.29, 0.717) is 11.5 Å². The fourth-order valence-corrected chi connectivity index (χ4v) is 3.20. The van der Waals surface area contributed by atoms with Gasteiger partial charge in [-0.1, -0.05) is 12.1 Å². The number of nitrogens with zero attached hydrogens (tertiary/aromatic N) is 1. The first-order chi connectivity index (χ1) is 14.2. The number of amides is 1. The molecule has 1 aromatic carbocycles. The summed E-state index contributed by atoms with van der Waals surface area (Å²) in [5, 5.41) is 9.28. The van der Waals surface area contributed by atoms with Crippen LogP contribution >= 0.6 is 24.0 Å². The van der Waals surface area contributed by atoms with E-state index in [0.717, 1.165) is 83.3 Å². The Morgan fingerprint density at radius 3 is 2.80 bits per heavy atom. The lowest BCUT2D eigenvalue weighted by Gasteiger charge is -2.21. The van der Waals surface area contributed by atoms with Crippen LogP contribution in [0.2, 0.25) is 0 Å². The Kier molecular flexibility index (Phi) is 14.5. The summed E-state index contributed by atoms with van der Waals surface area (Å²) in [5.41, 5.74) is 1.81. The highest BCUT2D eigenvalue weighted by Crippen LogP contribution is 2.14. The molecule has 0 saturated carbocycles. The lowest BCUT2D eigenvalue weighted by atomic mass is 10.0. The molecular weight excluding hydrogens is 495 g/mol. The third kappa shape index (κ3) is 10.6. The fraction of sp³-hybridized carbons (Fsp3) is 0.636. The Bertz CT molecular complexity index is 637. The van der Waals surface area contributed by atoms with E-state index in [-0.39, 0.29) is 29.9 Å². The van der Waals surface area contributed by atoms with Crippen molar-refractivity contribution in [3.63, 3.8) is 0 Å². The second-order valence-corrected chi connectivity index (χ2v) is 7.20. The number of hydrogen-bond donors (Lipinski definition) is 3. The average Bonchev–Trinajstić information content (AvgIpc) is 2.76.